The number of benzene rings is 2. The number of hydrogen-bond acceptors (Lipinski definition) is 3. The number of likely N-dealkylation sites (tertiary alicyclic amines) is 1. The number of hydrogen-bond donors (Lipinski definition) is 2. The van der Waals surface area contributed by atoms with Crippen molar-refractivity contribution < 1.29 is 14.0 Å². The SMILES string of the molecule is O=C(CN1CCC(NC(=O)c2ccccc2F)CC1)Nc1ccc(Cl)cc1. The van der Waals surface area contributed by atoms with Crippen LogP contribution in [0.1, 0.15) is 23.2 Å². The Balaban J connectivity index is 1.43. The molecule has 5 nitrogen and oxygen atoms in total. The molecule has 0 bridgehead atoms. The summed E-state index contributed by atoms with van der Waals surface area (Å²) in [7, 11) is 0. The van der Waals surface area contributed by atoms with Gasteiger partial charge < -0.3 is 10.6 Å². The van der Waals surface area contributed by atoms with Crippen LogP contribution in [0.5, 0.6) is 0 Å². The molecule has 142 valence electrons. The molecule has 1 fully saturated rings. The van der Waals surface area contributed by atoms with Gasteiger partial charge in [-0.2, -0.15) is 0 Å². The molecule has 0 spiro atoms. The minimum atomic E-state index is -0.522. The van der Waals surface area contributed by atoms with Gasteiger partial charge in [-0.25, -0.2) is 4.39 Å². The average Bonchev–Trinajstić information content (AvgIpc) is 2.65. The monoisotopic (exact) mass is 389 g/mol. The number of halogens is 2. The van der Waals surface area contributed by atoms with Gasteiger partial charge in [-0.1, -0.05) is 23.7 Å². The van der Waals surface area contributed by atoms with Gasteiger partial charge in [0.2, 0.25) is 5.91 Å². The third-order valence-corrected chi connectivity index (χ3v) is 4.79. The van der Waals surface area contributed by atoms with Crippen molar-refractivity contribution in [2.75, 3.05) is 25.0 Å². The molecule has 0 saturated carbocycles. The van der Waals surface area contributed by atoms with E-state index in [1.807, 2.05) is 4.90 Å². The van der Waals surface area contributed by atoms with Crippen molar-refractivity contribution in [3.63, 3.8) is 0 Å². The molecule has 1 heterocycles. The van der Waals surface area contributed by atoms with E-state index in [1.165, 1.54) is 12.1 Å². The van der Waals surface area contributed by atoms with Crippen LogP contribution in [0.3, 0.4) is 0 Å². The third-order valence-electron chi connectivity index (χ3n) is 4.54. The maximum absolute atomic E-state index is 13.7. The van der Waals surface area contributed by atoms with Crippen LogP contribution >= 0.6 is 11.6 Å². The van der Waals surface area contributed by atoms with Crippen molar-refractivity contribution in [2.45, 2.75) is 18.9 Å². The van der Waals surface area contributed by atoms with E-state index in [4.69, 9.17) is 11.6 Å². The Morgan fingerprint density at radius 3 is 2.41 bits per heavy atom. The van der Waals surface area contributed by atoms with Crippen LogP contribution in [0, 0.1) is 5.82 Å². The molecule has 1 aliphatic rings. The predicted octanol–water partition coefficient (Wildman–Crippen LogP) is 3.31. The van der Waals surface area contributed by atoms with Gasteiger partial charge in [0.1, 0.15) is 5.82 Å². The zero-order chi connectivity index (χ0) is 19.2. The number of anilines is 1. The number of carbonyl (C=O) groups excluding carboxylic acids is 2. The molecule has 2 aromatic carbocycles. The van der Waals surface area contributed by atoms with Crippen molar-refractivity contribution in [3.05, 3.63) is 64.9 Å². The second-order valence-electron chi connectivity index (χ2n) is 6.56. The maximum atomic E-state index is 13.7. The molecule has 0 atom stereocenters. The van der Waals surface area contributed by atoms with Crippen molar-refractivity contribution in [2.24, 2.45) is 0 Å². The second-order valence-corrected chi connectivity index (χ2v) is 7.00. The third kappa shape index (κ3) is 5.52. The fraction of sp³-hybridized carbons (Fsp3) is 0.300. The normalized spacial score (nSPS) is 15.3. The van der Waals surface area contributed by atoms with Crippen molar-refractivity contribution in [3.8, 4) is 0 Å². The summed E-state index contributed by atoms with van der Waals surface area (Å²) < 4.78 is 13.7. The number of piperidine rings is 1. The summed E-state index contributed by atoms with van der Waals surface area (Å²) in [6.45, 7) is 1.67. The van der Waals surface area contributed by atoms with Crippen molar-refractivity contribution in [1.82, 2.24) is 10.2 Å². The van der Waals surface area contributed by atoms with Gasteiger partial charge in [0.15, 0.2) is 0 Å². The average molecular weight is 390 g/mol. The first kappa shape index (κ1) is 19.3. The van der Waals surface area contributed by atoms with E-state index in [0.29, 0.717) is 36.6 Å². The van der Waals surface area contributed by atoms with Gasteiger partial charge in [0.05, 0.1) is 12.1 Å². The Bertz CT molecular complexity index is 805. The van der Waals surface area contributed by atoms with E-state index < -0.39 is 11.7 Å². The standard InChI is InChI=1S/C20H21ClFN3O2/c21-14-5-7-15(8-6-14)23-19(26)13-25-11-9-16(10-12-25)24-20(27)17-3-1-2-4-18(17)22/h1-8,16H,9-13H2,(H,23,26)(H,24,27). The highest BCUT2D eigenvalue weighted by Gasteiger charge is 2.23. The number of nitrogens with one attached hydrogen (secondary N) is 2. The molecular formula is C20H21ClFN3O2. The smallest absolute Gasteiger partial charge is 0.254 e. The van der Waals surface area contributed by atoms with E-state index >= 15 is 0 Å². The van der Waals surface area contributed by atoms with E-state index in [0.717, 1.165) is 0 Å². The predicted molar refractivity (Wildman–Crippen MR) is 103 cm³/mol. The topological polar surface area (TPSA) is 61.4 Å². The van der Waals surface area contributed by atoms with Crippen LogP contribution in [0.15, 0.2) is 48.5 Å². The summed E-state index contributed by atoms with van der Waals surface area (Å²) in [5.41, 5.74) is 0.763. The number of nitrogens with zero attached hydrogens (tertiary/aromatic N) is 1. The van der Waals surface area contributed by atoms with Gasteiger partial charge in [0, 0.05) is 29.8 Å². The van der Waals surface area contributed by atoms with Gasteiger partial charge in [-0.3, -0.25) is 14.5 Å². The first-order chi connectivity index (χ1) is 13.0. The van der Waals surface area contributed by atoms with Crippen molar-refractivity contribution >= 4 is 29.1 Å². The van der Waals surface area contributed by atoms with Gasteiger partial charge in [-0.05, 0) is 49.2 Å². The molecule has 0 unspecified atom stereocenters. The van der Waals surface area contributed by atoms with E-state index in [-0.39, 0.29) is 24.1 Å². The lowest BCUT2D eigenvalue weighted by Gasteiger charge is -2.31. The minimum absolute atomic E-state index is 0.0207. The lowest BCUT2D eigenvalue weighted by atomic mass is 10.0. The number of rotatable bonds is 5. The first-order valence-corrected chi connectivity index (χ1v) is 9.22. The van der Waals surface area contributed by atoms with Crippen LogP contribution < -0.4 is 10.6 Å². The molecule has 1 saturated heterocycles. The molecule has 0 aliphatic carbocycles. The summed E-state index contributed by atoms with van der Waals surface area (Å²) >= 11 is 5.83. The largest absolute Gasteiger partial charge is 0.349 e. The summed E-state index contributed by atoms with van der Waals surface area (Å²) in [5, 5.41) is 6.33. The highest BCUT2D eigenvalue weighted by molar-refractivity contribution is 6.30. The molecule has 3 rings (SSSR count). The summed E-state index contributed by atoms with van der Waals surface area (Å²) in [6, 6.07) is 12.9. The highest BCUT2D eigenvalue weighted by atomic mass is 35.5. The number of carbonyl (C=O) groups is 2. The fourth-order valence-electron chi connectivity index (χ4n) is 3.08. The molecule has 0 radical (unpaired) electrons. The molecule has 2 amide bonds. The Morgan fingerprint density at radius 1 is 1.07 bits per heavy atom. The first-order valence-electron chi connectivity index (χ1n) is 8.84. The Morgan fingerprint density at radius 2 is 1.74 bits per heavy atom. The van der Waals surface area contributed by atoms with Gasteiger partial charge in [-0.15, -0.1) is 0 Å². The lowest BCUT2D eigenvalue weighted by Crippen LogP contribution is -2.46. The molecule has 27 heavy (non-hydrogen) atoms. The van der Waals surface area contributed by atoms with Crippen LogP contribution in [0.4, 0.5) is 10.1 Å². The quantitative estimate of drug-likeness (QED) is 0.824. The van der Waals surface area contributed by atoms with Crippen LogP contribution in [-0.2, 0) is 4.79 Å². The van der Waals surface area contributed by atoms with E-state index in [1.54, 1.807) is 36.4 Å². The summed E-state index contributed by atoms with van der Waals surface area (Å²) in [5.74, 6) is -1.01. The summed E-state index contributed by atoms with van der Waals surface area (Å²) in [6.07, 6.45) is 1.43. The molecule has 2 N–H and O–H groups in total. The Labute approximate surface area is 162 Å². The maximum Gasteiger partial charge on any atom is 0.254 e. The molecule has 1 aliphatic heterocycles. The van der Waals surface area contributed by atoms with Crippen LogP contribution in [0.25, 0.3) is 0 Å². The molecular weight excluding hydrogens is 369 g/mol. The van der Waals surface area contributed by atoms with E-state index in [9.17, 15) is 14.0 Å². The van der Waals surface area contributed by atoms with E-state index in [2.05, 4.69) is 10.6 Å². The Kier molecular flexibility index (Phi) is 6.42. The van der Waals surface area contributed by atoms with Gasteiger partial charge >= 0.3 is 0 Å². The van der Waals surface area contributed by atoms with Gasteiger partial charge in [0.25, 0.3) is 5.91 Å². The van der Waals surface area contributed by atoms with Crippen LogP contribution in [0.2, 0.25) is 5.02 Å². The fourth-order valence-corrected chi connectivity index (χ4v) is 3.21. The summed E-state index contributed by atoms with van der Waals surface area (Å²) in [4.78, 5) is 26.4. The lowest BCUT2D eigenvalue weighted by molar-refractivity contribution is -0.117. The minimum Gasteiger partial charge on any atom is -0.349 e. The zero-order valence-corrected chi connectivity index (χ0v) is 15.5. The molecule has 7 heteroatoms. The second kappa shape index (κ2) is 8.97. The molecule has 0 aromatic heterocycles. The zero-order valence-electron chi connectivity index (χ0n) is 14.8. The van der Waals surface area contributed by atoms with Crippen LogP contribution in [-0.4, -0.2) is 42.4 Å². The van der Waals surface area contributed by atoms with Crippen molar-refractivity contribution in [1.29, 1.82) is 0 Å². The number of amides is 2. The highest BCUT2D eigenvalue weighted by Crippen LogP contribution is 2.15. The Hall–Kier alpha value is -2.44. The molecule has 2 aromatic rings.